The van der Waals surface area contributed by atoms with Crippen LogP contribution >= 0.6 is 0 Å². The molecule has 0 N–H and O–H groups in total. The second kappa shape index (κ2) is 10.6. The molecule has 2 rings (SSSR count). The Balaban J connectivity index is 0. The smallest absolute Gasteiger partial charge is 0.199 e. The molecule has 0 bridgehead atoms. The van der Waals surface area contributed by atoms with Crippen molar-refractivity contribution in [2.75, 3.05) is 0 Å². The molecule has 0 aliphatic heterocycles. The van der Waals surface area contributed by atoms with Crippen LogP contribution < -0.4 is 0 Å². The summed E-state index contributed by atoms with van der Waals surface area (Å²) in [5, 5.41) is 0. The zero-order chi connectivity index (χ0) is 10.2. The summed E-state index contributed by atoms with van der Waals surface area (Å²) in [6.07, 6.45) is 0. The Kier molecular flexibility index (Phi) is 11.6. The molecular formula is C14H18SiTi. The van der Waals surface area contributed by atoms with Crippen LogP contribution in [0.3, 0.4) is 0 Å². The van der Waals surface area contributed by atoms with Gasteiger partial charge in [0.05, 0.1) is 0 Å². The monoisotopic (exact) mass is 262 g/mol. The Morgan fingerprint density at radius 1 is 0.562 bits per heavy atom. The average Bonchev–Trinajstić information content (AvgIpc) is 2.21. The van der Waals surface area contributed by atoms with Gasteiger partial charge in [0.2, 0.25) is 0 Å². The van der Waals surface area contributed by atoms with E-state index in [1.54, 1.807) is 0 Å². The van der Waals surface area contributed by atoms with Gasteiger partial charge in [-0.3, -0.25) is 0 Å². The first-order chi connectivity index (χ1) is 6.79. The van der Waals surface area contributed by atoms with Crippen molar-refractivity contribution in [2.45, 2.75) is 0 Å². The minimum atomic E-state index is 0. The first-order valence-corrected chi connectivity index (χ1v) is 4.53. The van der Waals surface area contributed by atoms with Crippen molar-refractivity contribution in [3.63, 3.8) is 0 Å². The maximum absolute atomic E-state index is 3.72. The Morgan fingerprint density at radius 3 is 0.938 bits per heavy atom. The molecule has 0 atom stereocenters. The fraction of sp³-hybridized carbons (Fsp3) is 0. The van der Waals surface area contributed by atoms with Crippen LogP contribution in [0.15, 0.2) is 60.7 Å². The van der Waals surface area contributed by atoms with E-state index in [1.807, 2.05) is 60.7 Å². The molecule has 16 heavy (non-hydrogen) atoms. The maximum Gasteiger partial charge on any atom is 2.00 e. The van der Waals surface area contributed by atoms with E-state index in [0.29, 0.717) is 0 Å². The summed E-state index contributed by atoms with van der Waals surface area (Å²) in [6.45, 7) is 7.44. The van der Waals surface area contributed by atoms with Gasteiger partial charge >= 0.3 is 21.7 Å². The van der Waals surface area contributed by atoms with Crippen LogP contribution in [0.5, 0.6) is 0 Å². The first kappa shape index (κ1) is 17.5. The van der Waals surface area contributed by atoms with Crippen LogP contribution in [0.4, 0.5) is 0 Å². The number of rotatable bonds is 0. The van der Waals surface area contributed by atoms with Gasteiger partial charge in [-0.05, 0) is 11.0 Å². The van der Waals surface area contributed by atoms with Gasteiger partial charge in [0.1, 0.15) is 0 Å². The van der Waals surface area contributed by atoms with Gasteiger partial charge in [-0.15, -0.1) is 24.3 Å². The van der Waals surface area contributed by atoms with Crippen molar-refractivity contribution in [3.8, 4) is 0 Å². The van der Waals surface area contributed by atoms with E-state index in [9.17, 15) is 0 Å². The third-order valence-corrected chi connectivity index (χ3v) is 1.69. The molecule has 2 heteroatoms. The molecule has 0 fully saturated rings. The van der Waals surface area contributed by atoms with Crippen molar-refractivity contribution in [3.05, 3.63) is 85.6 Å². The summed E-state index contributed by atoms with van der Waals surface area (Å²) in [7, 11) is 0. The minimum absolute atomic E-state index is 0. The Bertz CT molecular complexity index is 308. The number of hydrogen-bond acceptors (Lipinski definition) is 0. The average molecular weight is 262 g/mol. The first-order valence-electron chi connectivity index (χ1n) is 4.53. The molecule has 0 saturated heterocycles. The van der Waals surface area contributed by atoms with Gasteiger partial charge in [-0.25, -0.2) is 0 Å². The van der Waals surface area contributed by atoms with Gasteiger partial charge in [-0.1, -0.05) is 12.1 Å². The van der Waals surface area contributed by atoms with Crippen LogP contribution in [0.1, 0.15) is 11.1 Å². The second-order valence-corrected chi connectivity index (χ2v) is 2.97. The molecule has 0 saturated carbocycles. The predicted molar refractivity (Wildman–Crippen MR) is 73.1 cm³/mol. The molecule has 0 spiro atoms. The fourth-order valence-corrected chi connectivity index (χ4v) is 0.956. The van der Waals surface area contributed by atoms with E-state index < -0.39 is 0 Å². The van der Waals surface area contributed by atoms with Crippen LogP contribution in [-0.2, 0) is 21.7 Å². The molecule has 0 unspecified atom stereocenters. The van der Waals surface area contributed by atoms with Crippen LogP contribution in [0, 0.1) is 13.8 Å². The maximum atomic E-state index is 3.72. The van der Waals surface area contributed by atoms with E-state index >= 15 is 0 Å². The molecule has 0 radical (unpaired) electrons. The largest absolute Gasteiger partial charge is 2.00 e. The van der Waals surface area contributed by atoms with Crippen LogP contribution in [0.2, 0.25) is 0 Å². The molecule has 0 aliphatic carbocycles. The third-order valence-electron chi connectivity index (χ3n) is 1.69. The van der Waals surface area contributed by atoms with Crippen LogP contribution in [-0.4, -0.2) is 11.0 Å². The van der Waals surface area contributed by atoms with Gasteiger partial charge in [0, 0.05) is 0 Å². The third kappa shape index (κ3) is 8.42. The van der Waals surface area contributed by atoms with E-state index in [-0.39, 0.29) is 32.7 Å². The van der Waals surface area contributed by atoms with Crippen molar-refractivity contribution < 1.29 is 21.7 Å². The molecule has 2 aromatic carbocycles. The topological polar surface area (TPSA) is 0 Å². The standard InChI is InChI=1S/2C7H7.H4Si.Ti/c2*1-7-5-3-2-4-6-7;;/h2*2-6H,1H2;1H4;/q2*-1;;+2. The van der Waals surface area contributed by atoms with Gasteiger partial charge in [0.25, 0.3) is 0 Å². The number of hydrogen-bond donors (Lipinski definition) is 0. The number of benzene rings is 2. The van der Waals surface area contributed by atoms with Crippen molar-refractivity contribution in [1.29, 1.82) is 0 Å². The van der Waals surface area contributed by atoms with E-state index in [0.717, 1.165) is 11.1 Å². The molecule has 0 nitrogen and oxygen atoms in total. The van der Waals surface area contributed by atoms with Crippen molar-refractivity contribution in [2.24, 2.45) is 0 Å². The van der Waals surface area contributed by atoms with Crippen LogP contribution in [0.25, 0.3) is 0 Å². The van der Waals surface area contributed by atoms with E-state index in [2.05, 4.69) is 13.8 Å². The molecule has 0 aromatic heterocycles. The molecule has 0 heterocycles. The van der Waals surface area contributed by atoms with Crippen molar-refractivity contribution in [1.82, 2.24) is 0 Å². The summed E-state index contributed by atoms with van der Waals surface area (Å²) in [5.41, 5.74) is 2.14. The second-order valence-electron chi connectivity index (χ2n) is 2.97. The van der Waals surface area contributed by atoms with E-state index in [1.165, 1.54) is 0 Å². The summed E-state index contributed by atoms with van der Waals surface area (Å²) in [6, 6.07) is 19.7. The summed E-state index contributed by atoms with van der Waals surface area (Å²) < 4.78 is 0. The van der Waals surface area contributed by atoms with Gasteiger partial charge in [-0.2, -0.15) is 49.2 Å². The van der Waals surface area contributed by atoms with Gasteiger partial charge in [0.15, 0.2) is 0 Å². The summed E-state index contributed by atoms with van der Waals surface area (Å²) >= 11 is 0. The van der Waals surface area contributed by atoms with Crippen molar-refractivity contribution >= 4 is 11.0 Å². The molecule has 82 valence electrons. The Labute approximate surface area is 118 Å². The molecule has 0 amide bonds. The minimum Gasteiger partial charge on any atom is -0.199 e. The van der Waals surface area contributed by atoms with Gasteiger partial charge < -0.3 is 0 Å². The Hall–Kier alpha value is -0.889. The zero-order valence-corrected chi connectivity index (χ0v) is 10.2. The molecule has 2 aromatic rings. The predicted octanol–water partition coefficient (Wildman–Crippen LogP) is 2.28. The summed E-state index contributed by atoms with van der Waals surface area (Å²) in [4.78, 5) is 0. The molecule has 0 aliphatic rings. The summed E-state index contributed by atoms with van der Waals surface area (Å²) in [5.74, 6) is 0. The fourth-order valence-electron chi connectivity index (χ4n) is 0.956. The zero-order valence-electron chi connectivity index (χ0n) is 8.69. The van der Waals surface area contributed by atoms with E-state index in [4.69, 9.17) is 0 Å². The normalized spacial score (nSPS) is 7.50. The SMILES string of the molecule is [CH2-]c1ccccc1.[CH2-]c1ccccc1.[SiH4].[Ti+2]. The quantitative estimate of drug-likeness (QED) is 0.505. The Morgan fingerprint density at radius 2 is 0.812 bits per heavy atom. The molecular weight excluding hydrogens is 244 g/mol.